The van der Waals surface area contributed by atoms with E-state index in [1.807, 2.05) is 32.0 Å². The lowest BCUT2D eigenvalue weighted by molar-refractivity contribution is 0.0614. The van der Waals surface area contributed by atoms with Crippen LogP contribution in [0.3, 0.4) is 0 Å². The standard InChI is InChI=1S/C16H19F2N3O/c1-10-5-4-6-13(19-10)9-11(2)20-15(22)14-8-7-12(3)21(14)16(17)18/h4-8,11,16H,9H2,1-3H3,(H,20,22)/t11-/m1/s1. The van der Waals surface area contributed by atoms with E-state index in [4.69, 9.17) is 0 Å². The summed E-state index contributed by atoms with van der Waals surface area (Å²) in [4.78, 5) is 16.5. The van der Waals surface area contributed by atoms with E-state index in [2.05, 4.69) is 10.3 Å². The minimum Gasteiger partial charge on any atom is -0.348 e. The second-order valence-electron chi connectivity index (χ2n) is 5.36. The molecule has 22 heavy (non-hydrogen) atoms. The number of aromatic nitrogens is 2. The minimum atomic E-state index is -2.73. The van der Waals surface area contributed by atoms with Crippen molar-refractivity contribution in [3.63, 3.8) is 0 Å². The molecule has 0 aliphatic carbocycles. The number of pyridine rings is 1. The molecular formula is C16H19F2N3O. The molecule has 2 aromatic heterocycles. The summed E-state index contributed by atoms with van der Waals surface area (Å²) >= 11 is 0. The number of aryl methyl sites for hydroxylation is 2. The van der Waals surface area contributed by atoms with Gasteiger partial charge in [0.25, 0.3) is 5.91 Å². The van der Waals surface area contributed by atoms with Gasteiger partial charge in [0.2, 0.25) is 0 Å². The Morgan fingerprint density at radius 3 is 2.64 bits per heavy atom. The molecule has 0 unspecified atom stereocenters. The molecule has 0 spiro atoms. The average molecular weight is 307 g/mol. The number of nitrogens with one attached hydrogen (secondary N) is 1. The van der Waals surface area contributed by atoms with Gasteiger partial charge in [0.05, 0.1) is 0 Å². The zero-order valence-electron chi connectivity index (χ0n) is 12.8. The van der Waals surface area contributed by atoms with Crippen molar-refractivity contribution in [2.45, 2.75) is 39.8 Å². The van der Waals surface area contributed by atoms with Crippen molar-refractivity contribution in [2.75, 3.05) is 0 Å². The second-order valence-corrected chi connectivity index (χ2v) is 5.36. The van der Waals surface area contributed by atoms with E-state index in [1.54, 1.807) is 6.92 Å². The lowest BCUT2D eigenvalue weighted by Gasteiger charge is -2.15. The molecule has 0 saturated carbocycles. The number of hydrogen-bond acceptors (Lipinski definition) is 2. The molecule has 2 rings (SSSR count). The molecule has 118 valence electrons. The highest BCUT2D eigenvalue weighted by molar-refractivity contribution is 5.93. The van der Waals surface area contributed by atoms with Crippen molar-refractivity contribution in [2.24, 2.45) is 0 Å². The Balaban J connectivity index is 2.06. The molecule has 1 amide bonds. The highest BCUT2D eigenvalue weighted by atomic mass is 19.3. The Kier molecular flexibility index (Phi) is 4.90. The van der Waals surface area contributed by atoms with Crippen LogP contribution in [0.1, 0.15) is 41.0 Å². The van der Waals surface area contributed by atoms with Crippen LogP contribution >= 0.6 is 0 Å². The van der Waals surface area contributed by atoms with E-state index in [9.17, 15) is 13.6 Å². The molecular weight excluding hydrogens is 288 g/mol. The summed E-state index contributed by atoms with van der Waals surface area (Å²) in [5.41, 5.74) is 2.08. The van der Waals surface area contributed by atoms with Crippen LogP contribution in [0.15, 0.2) is 30.3 Å². The third-order valence-corrected chi connectivity index (χ3v) is 3.39. The molecule has 0 fully saturated rings. The first-order valence-electron chi connectivity index (χ1n) is 7.08. The van der Waals surface area contributed by atoms with E-state index >= 15 is 0 Å². The first-order valence-corrected chi connectivity index (χ1v) is 7.08. The summed E-state index contributed by atoms with van der Waals surface area (Å²) in [6.45, 7) is 2.53. The fourth-order valence-electron chi connectivity index (χ4n) is 2.37. The number of amides is 1. The predicted molar refractivity (Wildman–Crippen MR) is 80.0 cm³/mol. The van der Waals surface area contributed by atoms with E-state index < -0.39 is 12.5 Å². The maximum atomic E-state index is 13.0. The molecule has 0 aromatic carbocycles. The number of nitrogens with zero attached hydrogens (tertiary/aromatic N) is 2. The third kappa shape index (κ3) is 3.69. The summed E-state index contributed by atoms with van der Waals surface area (Å²) in [7, 11) is 0. The van der Waals surface area contributed by atoms with Crippen LogP contribution in [0.2, 0.25) is 0 Å². The number of carbonyl (C=O) groups excluding carboxylic acids is 1. The Labute approximate surface area is 128 Å². The highest BCUT2D eigenvalue weighted by Crippen LogP contribution is 2.18. The van der Waals surface area contributed by atoms with Gasteiger partial charge in [0, 0.05) is 29.5 Å². The zero-order chi connectivity index (χ0) is 16.3. The topological polar surface area (TPSA) is 46.9 Å². The Bertz CT molecular complexity index is 667. The van der Waals surface area contributed by atoms with Crippen molar-refractivity contribution in [3.05, 3.63) is 53.1 Å². The SMILES string of the molecule is Cc1cccc(C[C@@H](C)NC(=O)c2ccc(C)n2C(F)F)n1. The molecule has 0 aliphatic rings. The van der Waals surface area contributed by atoms with Crippen molar-refractivity contribution >= 4 is 5.91 Å². The minimum absolute atomic E-state index is 0.0310. The highest BCUT2D eigenvalue weighted by Gasteiger charge is 2.20. The van der Waals surface area contributed by atoms with Crippen LogP contribution < -0.4 is 5.32 Å². The second kappa shape index (κ2) is 6.68. The number of carbonyl (C=O) groups is 1. The lowest BCUT2D eigenvalue weighted by atomic mass is 10.1. The summed E-state index contributed by atoms with van der Waals surface area (Å²) in [6, 6.07) is 8.38. The molecule has 2 aromatic rings. The lowest BCUT2D eigenvalue weighted by Crippen LogP contribution is -2.35. The Hall–Kier alpha value is -2.24. The normalized spacial score (nSPS) is 12.5. The average Bonchev–Trinajstić information content (AvgIpc) is 2.80. The van der Waals surface area contributed by atoms with E-state index in [1.165, 1.54) is 12.1 Å². The largest absolute Gasteiger partial charge is 0.348 e. The summed E-state index contributed by atoms with van der Waals surface area (Å²) in [5, 5.41) is 2.74. The van der Waals surface area contributed by atoms with Gasteiger partial charge in [0.15, 0.2) is 0 Å². The van der Waals surface area contributed by atoms with Gasteiger partial charge in [-0.1, -0.05) is 6.07 Å². The maximum Gasteiger partial charge on any atom is 0.319 e. The first kappa shape index (κ1) is 16.1. The third-order valence-electron chi connectivity index (χ3n) is 3.39. The quantitative estimate of drug-likeness (QED) is 0.921. The predicted octanol–water partition coefficient (Wildman–Crippen LogP) is 3.26. The van der Waals surface area contributed by atoms with Crippen LogP contribution in [0.25, 0.3) is 0 Å². The molecule has 0 saturated heterocycles. The van der Waals surface area contributed by atoms with Crippen LogP contribution in [-0.2, 0) is 6.42 Å². The molecule has 6 heteroatoms. The van der Waals surface area contributed by atoms with Crippen molar-refractivity contribution in [1.29, 1.82) is 0 Å². The number of halogens is 2. The van der Waals surface area contributed by atoms with Gasteiger partial charge in [-0.3, -0.25) is 14.3 Å². The van der Waals surface area contributed by atoms with Gasteiger partial charge >= 0.3 is 6.55 Å². The van der Waals surface area contributed by atoms with E-state index in [-0.39, 0.29) is 11.7 Å². The van der Waals surface area contributed by atoms with Gasteiger partial charge in [-0.05, 0) is 45.0 Å². The van der Waals surface area contributed by atoms with Crippen molar-refractivity contribution in [1.82, 2.24) is 14.9 Å². The molecule has 0 aliphatic heterocycles. The van der Waals surface area contributed by atoms with E-state index in [0.717, 1.165) is 16.0 Å². The Morgan fingerprint density at radius 2 is 2.00 bits per heavy atom. The Morgan fingerprint density at radius 1 is 1.27 bits per heavy atom. The summed E-state index contributed by atoms with van der Waals surface area (Å²) in [5.74, 6) is -0.506. The summed E-state index contributed by atoms with van der Waals surface area (Å²) < 4.78 is 26.7. The summed E-state index contributed by atoms with van der Waals surface area (Å²) in [6.07, 6.45) is 0.543. The monoisotopic (exact) mass is 307 g/mol. The zero-order valence-corrected chi connectivity index (χ0v) is 12.8. The van der Waals surface area contributed by atoms with E-state index in [0.29, 0.717) is 12.1 Å². The molecule has 2 heterocycles. The molecule has 1 atom stereocenters. The van der Waals surface area contributed by atoms with Crippen LogP contribution in [0.4, 0.5) is 8.78 Å². The van der Waals surface area contributed by atoms with Crippen molar-refractivity contribution in [3.8, 4) is 0 Å². The number of hydrogen-bond donors (Lipinski definition) is 1. The fraction of sp³-hybridized carbons (Fsp3) is 0.375. The van der Waals surface area contributed by atoms with Crippen molar-refractivity contribution < 1.29 is 13.6 Å². The van der Waals surface area contributed by atoms with Crippen LogP contribution in [0, 0.1) is 13.8 Å². The van der Waals surface area contributed by atoms with Gasteiger partial charge in [0.1, 0.15) is 5.69 Å². The molecule has 4 nitrogen and oxygen atoms in total. The fourth-order valence-corrected chi connectivity index (χ4v) is 2.37. The van der Waals surface area contributed by atoms with Gasteiger partial charge in [-0.2, -0.15) is 8.78 Å². The maximum absolute atomic E-state index is 13.0. The molecule has 1 N–H and O–H groups in total. The number of rotatable bonds is 5. The first-order chi connectivity index (χ1) is 10.4. The smallest absolute Gasteiger partial charge is 0.319 e. The van der Waals surface area contributed by atoms with Gasteiger partial charge in [-0.15, -0.1) is 0 Å². The van der Waals surface area contributed by atoms with Gasteiger partial charge in [-0.25, -0.2) is 0 Å². The van der Waals surface area contributed by atoms with Crippen LogP contribution in [-0.4, -0.2) is 21.5 Å². The molecule has 0 radical (unpaired) electrons. The van der Waals surface area contributed by atoms with Gasteiger partial charge < -0.3 is 5.32 Å². The molecule has 0 bridgehead atoms. The van der Waals surface area contributed by atoms with Crippen LogP contribution in [0.5, 0.6) is 0 Å². The number of alkyl halides is 2.